The maximum absolute atomic E-state index is 8.89. The molecule has 1 rings (SSSR count). The first-order valence-corrected chi connectivity index (χ1v) is 5.17. The van der Waals surface area contributed by atoms with E-state index in [0.29, 0.717) is 18.2 Å². The molecular formula is C10H12ClN3O. The van der Waals surface area contributed by atoms with Crippen LogP contribution in [0.15, 0.2) is 6.33 Å². The van der Waals surface area contributed by atoms with Gasteiger partial charge in [-0.1, -0.05) is 0 Å². The Bertz CT molecular complexity index is 375. The topological polar surface area (TPSA) is 58.8 Å². The van der Waals surface area contributed by atoms with Gasteiger partial charge in [0.2, 0.25) is 5.88 Å². The van der Waals surface area contributed by atoms with Crippen molar-refractivity contribution < 1.29 is 4.74 Å². The number of ether oxygens (including phenoxy) is 1. The molecule has 1 aromatic rings. The van der Waals surface area contributed by atoms with E-state index in [1.165, 1.54) is 6.33 Å². The van der Waals surface area contributed by atoms with Crippen LogP contribution in [0.5, 0.6) is 5.88 Å². The van der Waals surface area contributed by atoms with Crippen molar-refractivity contribution in [3.63, 3.8) is 0 Å². The van der Waals surface area contributed by atoms with Gasteiger partial charge in [0.25, 0.3) is 0 Å². The summed E-state index contributed by atoms with van der Waals surface area (Å²) >= 11 is 5.68. The third kappa shape index (κ3) is 2.57. The Morgan fingerprint density at radius 2 is 2.33 bits per heavy atom. The van der Waals surface area contributed by atoms with Gasteiger partial charge in [-0.3, -0.25) is 0 Å². The third-order valence-corrected chi connectivity index (χ3v) is 2.31. The molecule has 0 radical (unpaired) electrons. The molecule has 0 spiro atoms. The number of hydrogen-bond acceptors (Lipinski definition) is 4. The van der Waals surface area contributed by atoms with E-state index in [-0.39, 0.29) is 5.88 Å². The summed E-state index contributed by atoms with van der Waals surface area (Å²) in [5.74, 6) is 0.335. The molecule has 0 aliphatic rings. The highest BCUT2D eigenvalue weighted by atomic mass is 35.5. The van der Waals surface area contributed by atoms with Crippen molar-refractivity contribution in [2.75, 3.05) is 12.5 Å². The summed E-state index contributed by atoms with van der Waals surface area (Å²) in [4.78, 5) is 8.06. The minimum Gasteiger partial charge on any atom is -0.478 e. The number of nitriles is 1. The number of halogens is 1. The van der Waals surface area contributed by atoms with Crippen molar-refractivity contribution in [3.8, 4) is 11.9 Å². The van der Waals surface area contributed by atoms with Crippen LogP contribution in [-0.4, -0.2) is 22.5 Å². The van der Waals surface area contributed by atoms with Gasteiger partial charge in [-0.25, -0.2) is 9.97 Å². The Hall–Kier alpha value is -1.34. The summed E-state index contributed by atoms with van der Waals surface area (Å²) in [7, 11) is 0. The average Bonchev–Trinajstić information content (AvgIpc) is 2.25. The average molecular weight is 226 g/mol. The van der Waals surface area contributed by atoms with Crippen LogP contribution < -0.4 is 4.74 Å². The lowest BCUT2D eigenvalue weighted by molar-refractivity contribution is 0.322. The van der Waals surface area contributed by atoms with Gasteiger partial charge >= 0.3 is 0 Å². The van der Waals surface area contributed by atoms with Crippen molar-refractivity contribution in [1.29, 1.82) is 5.26 Å². The van der Waals surface area contributed by atoms with E-state index >= 15 is 0 Å². The van der Waals surface area contributed by atoms with Gasteiger partial charge in [-0.05, 0) is 13.8 Å². The summed E-state index contributed by atoms with van der Waals surface area (Å²) in [5.41, 5.74) is 1.43. The zero-order valence-corrected chi connectivity index (χ0v) is 9.45. The van der Waals surface area contributed by atoms with E-state index in [0.717, 1.165) is 5.56 Å². The zero-order chi connectivity index (χ0) is 11.3. The SMILES string of the molecule is CCOc1ncnc(C(C#N)CCl)c1C. The summed E-state index contributed by atoms with van der Waals surface area (Å²) < 4.78 is 5.31. The van der Waals surface area contributed by atoms with Crippen LogP contribution in [-0.2, 0) is 0 Å². The number of alkyl halides is 1. The van der Waals surface area contributed by atoms with Gasteiger partial charge in [-0.2, -0.15) is 5.26 Å². The first-order valence-electron chi connectivity index (χ1n) is 4.64. The van der Waals surface area contributed by atoms with Crippen LogP contribution in [0.1, 0.15) is 24.1 Å². The van der Waals surface area contributed by atoms with Gasteiger partial charge < -0.3 is 4.74 Å². The number of nitrogens with zero attached hydrogens (tertiary/aromatic N) is 3. The molecule has 1 unspecified atom stereocenters. The second-order valence-corrected chi connectivity index (χ2v) is 3.27. The van der Waals surface area contributed by atoms with E-state index in [2.05, 4.69) is 16.0 Å². The molecule has 1 heterocycles. The molecule has 0 saturated carbocycles. The van der Waals surface area contributed by atoms with Crippen molar-refractivity contribution in [3.05, 3.63) is 17.6 Å². The smallest absolute Gasteiger partial charge is 0.219 e. The zero-order valence-electron chi connectivity index (χ0n) is 8.70. The van der Waals surface area contributed by atoms with Gasteiger partial charge in [0, 0.05) is 11.4 Å². The normalized spacial score (nSPS) is 11.9. The number of hydrogen-bond donors (Lipinski definition) is 0. The maximum Gasteiger partial charge on any atom is 0.219 e. The Balaban J connectivity index is 3.09. The lowest BCUT2D eigenvalue weighted by atomic mass is 10.1. The van der Waals surface area contributed by atoms with E-state index in [9.17, 15) is 0 Å². The first kappa shape index (κ1) is 11.7. The minimum absolute atomic E-state index is 0.222. The van der Waals surface area contributed by atoms with Crippen molar-refractivity contribution in [1.82, 2.24) is 9.97 Å². The molecule has 0 aliphatic carbocycles. The summed E-state index contributed by atoms with van der Waals surface area (Å²) in [6.45, 7) is 4.25. The molecule has 0 aliphatic heterocycles. The molecule has 0 fully saturated rings. The quantitative estimate of drug-likeness (QED) is 0.736. The predicted molar refractivity (Wildman–Crippen MR) is 57.0 cm³/mol. The highest BCUT2D eigenvalue weighted by molar-refractivity contribution is 6.18. The molecule has 0 saturated heterocycles. The van der Waals surface area contributed by atoms with Crippen LogP contribution in [0.2, 0.25) is 0 Å². The Kier molecular flexibility index (Phi) is 4.32. The molecule has 4 nitrogen and oxygen atoms in total. The Labute approximate surface area is 93.9 Å². The van der Waals surface area contributed by atoms with Crippen LogP contribution >= 0.6 is 11.6 Å². The van der Waals surface area contributed by atoms with Crippen molar-refractivity contribution in [2.45, 2.75) is 19.8 Å². The van der Waals surface area contributed by atoms with Crippen LogP contribution in [0, 0.1) is 18.3 Å². The van der Waals surface area contributed by atoms with Gasteiger partial charge in [0.15, 0.2) is 0 Å². The van der Waals surface area contributed by atoms with Crippen LogP contribution in [0.25, 0.3) is 0 Å². The predicted octanol–water partition coefficient (Wildman–Crippen LogP) is 2.03. The van der Waals surface area contributed by atoms with Crippen molar-refractivity contribution in [2.24, 2.45) is 0 Å². The van der Waals surface area contributed by atoms with E-state index in [1.54, 1.807) is 0 Å². The summed E-state index contributed by atoms with van der Waals surface area (Å²) in [5, 5.41) is 8.89. The van der Waals surface area contributed by atoms with Gasteiger partial charge in [0.1, 0.15) is 12.2 Å². The lowest BCUT2D eigenvalue weighted by Gasteiger charge is -2.11. The second kappa shape index (κ2) is 5.52. The number of rotatable bonds is 4. The van der Waals surface area contributed by atoms with Crippen LogP contribution in [0.3, 0.4) is 0 Å². The van der Waals surface area contributed by atoms with Gasteiger partial charge in [0.05, 0.1) is 18.4 Å². The van der Waals surface area contributed by atoms with E-state index < -0.39 is 5.92 Å². The lowest BCUT2D eigenvalue weighted by Crippen LogP contribution is -2.07. The molecule has 80 valence electrons. The maximum atomic E-state index is 8.89. The third-order valence-electron chi connectivity index (χ3n) is 2.00. The molecule has 0 N–H and O–H groups in total. The Morgan fingerprint density at radius 3 is 2.87 bits per heavy atom. The second-order valence-electron chi connectivity index (χ2n) is 2.96. The summed E-state index contributed by atoms with van der Waals surface area (Å²) in [6.07, 6.45) is 1.39. The molecule has 5 heteroatoms. The minimum atomic E-state index is -0.408. The molecule has 0 amide bonds. The molecular weight excluding hydrogens is 214 g/mol. The highest BCUT2D eigenvalue weighted by Gasteiger charge is 2.16. The van der Waals surface area contributed by atoms with Gasteiger partial charge in [-0.15, -0.1) is 11.6 Å². The standard InChI is InChI=1S/C10H12ClN3O/c1-3-15-10-7(2)9(13-6-14-10)8(4-11)5-12/h6,8H,3-4H2,1-2H3. The Morgan fingerprint density at radius 1 is 1.60 bits per heavy atom. The fourth-order valence-electron chi connectivity index (χ4n) is 1.25. The highest BCUT2D eigenvalue weighted by Crippen LogP contribution is 2.23. The van der Waals surface area contributed by atoms with Crippen molar-refractivity contribution >= 4 is 11.6 Å². The van der Waals surface area contributed by atoms with Crippen LogP contribution in [0.4, 0.5) is 0 Å². The molecule has 1 atom stereocenters. The largest absolute Gasteiger partial charge is 0.478 e. The molecule has 0 aromatic carbocycles. The van der Waals surface area contributed by atoms with E-state index in [1.807, 2.05) is 13.8 Å². The monoisotopic (exact) mass is 225 g/mol. The molecule has 1 aromatic heterocycles. The fraction of sp³-hybridized carbons (Fsp3) is 0.500. The molecule has 0 bridgehead atoms. The molecule has 15 heavy (non-hydrogen) atoms. The summed E-state index contributed by atoms with van der Waals surface area (Å²) in [6, 6.07) is 2.10. The number of aromatic nitrogens is 2. The van der Waals surface area contributed by atoms with E-state index in [4.69, 9.17) is 21.6 Å². The first-order chi connectivity index (χ1) is 7.24. The fourth-order valence-corrected chi connectivity index (χ4v) is 1.46.